The van der Waals surface area contributed by atoms with Gasteiger partial charge in [0.15, 0.2) is 4.34 Å². The molecule has 1 saturated heterocycles. The minimum absolute atomic E-state index is 0.0195. The maximum atomic E-state index is 13.7. The predicted octanol–water partition coefficient (Wildman–Crippen LogP) is 8.02. The molecular weight excluding hydrogens is 591 g/mol. The van der Waals surface area contributed by atoms with Crippen LogP contribution in [0.1, 0.15) is 47.2 Å². The molecule has 1 N–H and O–H groups in total. The third kappa shape index (κ3) is 5.73. The summed E-state index contributed by atoms with van der Waals surface area (Å²) in [6.07, 6.45) is 0.871. The molecule has 9 heteroatoms. The Morgan fingerprint density at radius 1 is 0.977 bits per heavy atom. The van der Waals surface area contributed by atoms with E-state index in [4.69, 9.17) is 4.74 Å². The Labute approximate surface area is 264 Å². The van der Waals surface area contributed by atoms with Gasteiger partial charge in [0.05, 0.1) is 18.2 Å². The highest BCUT2D eigenvalue weighted by Crippen LogP contribution is 2.44. The molecule has 1 unspecified atom stereocenters. The fourth-order valence-corrected chi connectivity index (χ4v) is 7.24. The minimum Gasteiger partial charge on any atom is -0.507 e. The molecule has 1 amide bonds. The predicted molar refractivity (Wildman–Crippen MR) is 176 cm³/mol. The molecule has 1 atom stereocenters. The van der Waals surface area contributed by atoms with E-state index in [2.05, 4.69) is 34.5 Å². The Hall–Kier alpha value is -4.47. The highest BCUT2D eigenvalue weighted by Gasteiger charge is 2.48. The highest BCUT2D eigenvalue weighted by atomic mass is 32.2. The Balaban J connectivity index is 1.38. The fourth-order valence-electron chi connectivity index (χ4n) is 5.36. The number of carbonyl (C=O) groups excluding carboxylic acids is 2. The van der Waals surface area contributed by atoms with Crippen molar-refractivity contribution in [3.05, 3.63) is 118 Å². The molecule has 1 fully saturated rings. The Bertz CT molecular complexity index is 1890. The lowest BCUT2D eigenvalue weighted by Gasteiger charge is -2.23. The topological polar surface area (TPSA) is 92.6 Å². The summed E-state index contributed by atoms with van der Waals surface area (Å²) >= 11 is 2.78. The number of ketones is 1. The van der Waals surface area contributed by atoms with E-state index in [1.54, 1.807) is 0 Å². The lowest BCUT2D eigenvalue weighted by molar-refractivity contribution is -0.132. The monoisotopic (exact) mass is 621 g/mol. The Kier molecular flexibility index (Phi) is 8.50. The van der Waals surface area contributed by atoms with E-state index in [0.29, 0.717) is 38.7 Å². The van der Waals surface area contributed by atoms with Crippen molar-refractivity contribution in [2.45, 2.75) is 43.3 Å². The van der Waals surface area contributed by atoms with Crippen molar-refractivity contribution in [1.82, 2.24) is 10.2 Å². The molecule has 2 heterocycles. The molecule has 6 rings (SSSR count). The second kappa shape index (κ2) is 12.6. The number of hydrogen-bond donors (Lipinski definition) is 1. The fraction of sp³-hybridized carbons (Fsp3) is 0.200. The summed E-state index contributed by atoms with van der Waals surface area (Å²) in [6, 6.07) is 26.5. The zero-order valence-corrected chi connectivity index (χ0v) is 26.2. The lowest BCUT2D eigenvalue weighted by atomic mass is 9.93. The van der Waals surface area contributed by atoms with E-state index in [-0.39, 0.29) is 11.3 Å². The normalized spacial score (nSPS) is 16.2. The van der Waals surface area contributed by atoms with E-state index in [1.807, 2.05) is 81.4 Å². The molecule has 1 aliphatic heterocycles. The zero-order chi connectivity index (χ0) is 30.8. The van der Waals surface area contributed by atoms with Gasteiger partial charge in [-0.3, -0.25) is 14.5 Å². The number of anilines is 1. The molecule has 1 aromatic heterocycles. The summed E-state index contributed by atoms with van der Waals surface area (Å²) in [5.74, 6) is -0.372. The zero-order valence-electron chi connectivity index (χ0n) is 24.6. The van der Waals surface area contributed by atoms with Crippen molar-refractivity contribution < 1.29 is 19.4 Å². The third-order valence-electron chi connectivity index (χ3n) is 7.59. The first-order valence-corrected chi connectivity index (χ1v) is 16.2. The smallest absolute Gasteiger partial charge is 0.301 e. The SMILES string of the molecule is CCCOc1ccc(C2/C(=C(\O)c3cc(C)ccc3C)C(=O)C(=O)N2c2nnc(SCc3cccc4ccccc34)s2)cc1. The maximum Gasteiger partial charge on any atom is 0.301 e. The summed E-state index contributed by atoms with van der Waals surface area (Å²) in [7, 11) is 0. The molecule has 4 aromatic carbocycles. The van der Waals surface area contributed by atoms with Crippen LogP contribution in [0.3, 0.4) is 0 Å². The van der Waals surface area contributed by atoms with Crippen LogP contribution in [-0.2, 0) is 15.3 Å². The van der Waals surface area contributed by atoms with E-state index < -0.39 is 17.7 Å². The van der Waals surface area contributed by atoms with Crippen LogP contribution in [-0.4, -0.2) is 33.6 Å². The van der Waals surface area contributed by atoms with Crippen LogP contribution in [0.2, 0.25) is 0 Å². The Morgan fingerprint density at radius 3 is 2.55 bits per heavy atom. The summed E-state index contributed by atoms with van der Waals surface area (Å²) in [4.78, 5) is 28.7. The van der Waals surface area contributed by atoms with E-state index in [0.717, 1.165) is 17.5 Å². The van der Waals surface area contributed by atoms with Gasteiger partial charge in [-0.2, -0.15) is 0 Å². The number of Topliss-reactive ketones (excluding diaryl/α,β-unsaturated/α-hetero) is 1. The van der Waals surface area contributed by atoms with E-state index in [9.17, 15) is 14.7 Å². The highest BCUT2D eigenvalue weighted by molar-refractivity contribution is 8.00. The quantitative estimate of drug-likeness (QED) is 0.0586. The largest absolute Gasteiger partial charge is 0.507 e. The number of thioether (sulfide) groups is 1. The third-order valence-corrected chi connectivity index (χ3v) is 9.70. The van der Waals surface area contributed by atoms with Gasteiger partial charge in [0, 0.05) is 11.3 Å². The summed E-state index contributed by atoms with van der Waals surface area (Å²) < 4.78 is 6.43. The number of fused-ring (bicyclic) bond motifs is 1. The van der Waals surface area contributed by atoms with Crippen LogP contribution in [0, 0.1) is 13.8 Å². The van der Waals surface area contributed by atoms with Gasteiger partial charge in [0.25, 0.3) is 5.78 Å². The summed E-state index contributed by atoms with van der Waals surface area (Å²) in [5.41, 5.74) is 4.08. The van der Waals surface area contributed by atoms with Crippen molar-refractivity contribution in [3.8, 4) is 5.75 Å². The van der Waals surface area contributed by atoms with Gasteiger partial charge < -0.3 is 9.84 Å². The van der Waals surface area contributed by atoms with Crippen molar-refractivity contribution in [3.63, 3.8) is 0 Å². The van der Waals surface area contributed by atoms with Crippen LogP contribution in [0.5, 0.6) is 5.75 Å². The molecule has 0 radical (unpaired) electrons. The van der Waals surface area contributed by atoms with Gasteiger partial charge in [0.1, 0.15) is 11.5 Å². The molecule has 7 nitrogen and oxygen atoms in total. The second-order valence-corrected chi connectivity index (χ2v) is 12.9. The molecule has 0 bridgehead atoms. The van der Waals surface area contributed by atoms with Gasteiger partial charge in [-0.1, -0.05) is 102 Å². The molecular formula is C35H31N3O4S2. The molecule has 5 aromatic rings. The molecule has 0 spiro atoms. The first kappa shape index (κ1) is 29.6. The lowest BCUT2D eigenvalue weighted by Crippen LogP contribution is -2.29. The summed E-state index contributed by atoms with van der Waals surface area (Å²) in [5, 5.41) is 23.0. The van der Waals surface area contributed by atoms with Crippen LogP contribution in [0.25, 0.3) is 16.5 Å². The van der Waals surface area contributed by atoms with E-state index >= 15 is 0 Å². The van der Waals surface area contributed by atoms with Crippen molar-refractivity contribution in [1.29, 1.82) is 0 Å². The number of amides is 1. The number of aliphatic hydroxyl groups is 1. The van der Waals surface area contributed by atoms with Gasteiger partial charge in [-0.25, -0.2) is 0 Å². The number of benzene rings is 4. The number of aromatic nitrogens is 2. The van der Waals surface area contributed by atoms with Gasteiger partial charge in [-0.05, 0) is 65.9 Å². The van der Waals surface area contributed by atoms with Crippen LogP contribution >= 0.6 is 23.1 Å². The average molecular weight is 622 g/mol. The van der Waals surface area contributed by atoms with Gasteiger partial charge in [-0.15, -0.1) is 10.2 Å². The summed E-state index contributed by atoms with van der Waals surface area (Å²) in [6.45, 7) is 6.39. The average Bonchev–Trinajstić information content (AvgIpc) is 3.61. The maximum absolute atomic E-state index is 13.7. The number of aliphatic hydroxyl groups excluding tert-OH is 1. The van der Waals surface area contributed by atoms with Crippen LogP contribution < -0.4 is 9.64 Å². The molecule has 222 valence electrons. The number of nitrogens with zero attached hydrogens (tertiary/aromatic N) is 3. The number of ether oxygens (including phenoxy) is 1. The van der Waals surface area contributed by atoms with Crippen molar-refractivity contribution in [2.75, 3.05) is 11.5 Å². The van der Waals surface area contributed by atoms with Crippen molar-refractivity contribution >= 4 is 56.5 Å². The minimum atomic E-state index is -0.890. The van der Waals surface area contributed by atoms with E-state index in [1.165, 1.54) is 44.3 Å². The number of aryl methyl sites for hydroxylation is 2. The Morgan fingerprint density at radius 2 is 1.75 bits per heavy atom. The van der Waals surface area contributed by atoms with Gasteiger partial charge >= 0.3 is 5.91 Å². The number of hydrogen-bond acceptors (Lipinski definition) is 8. The van der Waals surface area contributed by atoms with Crippen LogP contribution in [0.15, 0.2) is 94.8 Å². The number of carbonyl (C=O) groups is 2. The van der Waals surface area contributed by atoms with Gasteiger partial charge in [0.2, 0.25) is 5.13 Å². The first-order chi connectivity index (χ1) is 21.4. The second-order valence-electron chi connectivity index (χ2n) is 10.7. The van der Waals surface area contributed by atoms with Crippen molar-refractivity contribution in [2.24, 2.45) is 0 Å². The molecule has 44 heavy (non-hydrogen) atoms. The van der Waals surface area contributed by atoms with Crippen LogP contribution in [0.4, 0.5) is 5.13 Å². The molecule has 0 aliphatic carbocycles. The first-order valence-electron chi connectivity index (χ1n) is 14.4. The molecule has 1 aliphatic rings. The number of rotatable bonds is 9. The molecule has 0 saturated carbocycles. The standard InChI is InChI=1S/C35H31N3O4S2/c1-4-18-42-26-16-14-24(15-17-26)30-29(31(39)28-19-21(2)12-13-22(28)3)32(40)33(41)38(30)34-36-37-35(44-34)43-20-25-10-7-9-23-8-5-6-11-27(23)25/h5-17,19,30,39H,4,18,20H2,1-3H3/b31-29+.